The number of nitrogens with zero attached hydrogens (tertiary/aromatic N) is 2. The predicted molar refractivity (Wildman–Crippen MR) is 110 cm³/mol. The van der Waals surface area contributed by atoms with Crippen LogP contribution in [0.2, 0.25) is 0 Å². The molecule has 1 aromatic heterocycles. The molecule has 0 bridgehead atoms. The van der Waals surface area contributed by atoms with Crippen LogP contribution in [-0.2, 0) is 11.3 Å². The summed E-state index contributed by atoms with van der Waals surface area (Å²) in [6.45, 7) is 5.15. The van der Waals surface area contributed by atoms with Gasteiger partial charge in [0.05, 0.1) is 31.4 Å². The zero-order chi connectivity index (χ0) is 19.9. The summed E-state index contributed by atoms with van der Waals surface area (Å²) in [6.07, 6.45) is 1.81. The van der Waals surface area contributed by atoms with Gasteiger partial charge in [-0.3, -0.25) is 4.79 Å². The lowest BCUT2D eigenvalue weighted by atomic mass is 10.0. The Kier molecular flexibility index (Phi) is 6.32. The van der Waals surface area contributed by atoms with Crippen LogP contribution >= 0.6 is 0 Å². The van der Waals surface area contributed by atoms with E-state index in [4.69, 9.17) is 9.47 Å². The molecular weight excluding hydrogens is 354 g/mol. The number of hydrogen-bond acceptors (Lipinski definition) is 4. The van der Waals surface area contributed by atoms with Gasteiger partial charge in [-0.15, -0.1) is 0 Å². The Morgan fingerprint density at radius 2 is 1.89 bits per heavy atom. The molecule has 28 heavy (non-hydrogen) atoms. The maximum atomic E-state index is 11.2. The number of amides is 1. The average Bonchev–Trinajstić information content (AvgIpc) is 3.12. The molecule has 0 fully saturated rings. The molecule has 1 amide bonds. The molecule has 0 aliphatic rings. The van der Waals surface area contributed by atoms with Crippen LogP contribution in [0, 0.1) is 0 Å². The van der Waals surface area contributed by atoms with Gasteiger partial charge in [-0.05, 0) is 25.1 Å². The fourth-order valence-electron chi connectivity index (χ4n) is 3.11. The van der Waals surface area contributed by atoms with Crippen LogP contribution in [0.25, 0.3) is 22.5 Å². The third-order valence-corrected chi connectivity index (χ3v) is 4.35. The quantitative estimate of drug-likeness (QED) is 0.647. The van der Waals surface area contributed by atoms with Gasteiger partial charge in [0.2, 0.25) is 5.91 Å². The van der Waals surface area contributed by atoms with Gasteiger partial charge in [-0.2, -0.15) is 0 Å². The molecule has 0 spiro atoms. The third-order valence-electron chi connectivity index (χ3n) is 4.35. The highest BCUT2D eigenvalue weighted by Gasteiger charge is 2.17. The van der Waals surface area contributed by atoms with Crippen molar-refractivity contribution in [1.29, 1.82) is 0 Å². The lowest BCUT2D eigenvalue weighted by Gasteiger charge is -2.14. The van der Waals surface area contributed by atoms with E-state index in [0.717, 1.165) is 22.5 Å². The van der Waals surface area contributed by atoms with Crippen LogP contribution in [0.4, 0.5) is 0 Å². The first-order valence-electron chi connectivity index (χ1n) is 9.30. The standard InChI is InChI=1S/C22H25N3O3/c1-4-28-20-14-18(10-11-19(20)27-3)22-21(17-8-6-5-7-9-17)24-15-25(22)13-12-23-16(2)26/h5-11,14-15H,4,12-13H2,1-3H3,(H,23,26). The van der Waals surface area contributed by atoms with E-state index in [1.54, 1.807) is 7.11 Å². The molecule has 6 heteroatoms. The zero-order valence-electron chi connectivity index (χ0n) is 16.4. The number of aromatic nitrogens is 2. The van der Waals surface area contributed by atoms with E-state index in [-0.39, 0.29) is 5.91 Å². The Balaban J connectivity index is 2.07. The van der Waals surface area contributed by atoms with Crippen LogP contribution < -0.4 is 14.8 Å². The SMILES string of the molecule is CCOc1cc(-c2c(-c3ccccc3)ncn2CCNC(C)=O)ccc1OC. The fourth-order valence-corrected chi connectivity index (χ4v) is 3.11. The Bertz CT molecular complexity index is 935. The first-order chi connectivity index (χ1) is 13.6. The molecular formula is C22H25N3O3. The highest BCUT2D eigenvalue weighted by molar-refractivity contribution is 5.80. The van der Waals surface area contributed by atoms with Gasteiger partial charge >= 0.3 is 0 Å². The number of rotatable bonds is 8. The minimum atomic E-state index is -0.0481. The fraction of sp³-hybridized carbons (Fsp3) is 0.273. The molecule has 0 aliphatic carbocycles. The van der Waals surface area contributed by atoms with Crippen LogP contribution in [0.3, 0.4) is 0 Å². The van der Waals surface area contributed by atoms with Gasteiger partial charge in [0.1, 0.15) is 0 Å². The van der Waals surface area contributed by atoms with Crippen molar-refractivity contribution in [1.82, 2.24) is 14.9 Å². The highest BCUT2D eigenvalue weighted by atomic mass is 16.5. The number of hydrogen-bond donors (Lipinski definition) is 1. The van der Waals surface area contributed by atoms with Crippen LogP contribution in [0.1, 0.15) is 13.8 Å². The number of benzene rings is 2. The monoisotopic (exact) mass is 379 g/mol. The second-order valence-electron chi connectivity index (χ2n) is 6.28. The van der Waals surface area contributed by atoms with E-state index in [2.05, 4.69) is 14.9 Å². The van der Waals surface area contributed by atoms with Crippen molar-refractivity contribution >= 4 is 5.91 Å². The van der Waals surface area contributed by atoms with E-state index in [1.807, 2.05) is 61.8 Å². The molecule has 0 saturated heterocycles. The summed E-state index contributed by atoms with van der Waals surface area (Å²) >= 11 is 0. The first-order valence-corrected chi connectivity index (χ1v) is 9.30. The number of methoxy groups -OCH3 is 1. The molecule has 146 valence electrons. The molecule has 1 heterocycles. The van der Waals surface area contributed by atoms with Crippen molar-refractivity contribution in [2.45, 2.75) is 20.4 Å². The number of carbonyl (C=O) groups is 1. The molecule has 0 saturated carbocycles. The second-order valence-corrected chi connectivity index (χ2v) is 6.28. The van der Waals surface area contributed by atoms with Crippen LogP contribution in [0.5, 0.6) is 11.5 Å². The summed E-state index contributed by atoms with van der Waals surface area (Å²) in [4.78, 5) is 15.9. The summed E-state index contributed by atoms with van der Waals surface area (Å²) in [7, 11) is 1.63. The summed E-state index contributed by atoms with van der Waals surface area (Å²) in [5, 5.41) is 2.84. The second kappa shape index (κ2) is 9.08. The topological polar surface area (TPSA) is 65.4 Å². The number of ether oxygens (including phenoxy) is 2. The minimum Gasteiger partial charge on any atom is -0.493 e. The lowest BCUT2D eigenvalue weighted by Crippen LogP contribution is -2.24. The molecule has 3 aromatic rings. The Hall–Kier alpha value is -3.28. The molecule has 0 aliphatic heterocycles. The Morgan fingerprint density at radius 1 is 1.11 bits per heavy atom. The number of nitrogens with one attached hydrogen (secondary N) is 1. The Morgan fingerprint density at radius 3 is 2.57 bits per heavy atom. The zero-order valence-corrected chi connectivity index (χ0v) is 16.4. The third kappa shape index (κ3) is 4.34. The highest BCUT2D eigenvalue weighted by Crippen LogP contribution is 2.36. The molecule has 0 unspecified atom stereocenters. The van der Waals surface area contributed by atoms with Crippen molar-refractivity contribution in [3.8, 4) is 34.0 Å². The van der Waals surface area contributed by atoms with Crippen molar-refractivity contribution in [2.24, 2.45) is 0 Å². The maximum Gasteiger partial charge on any atom is 0.216 e. The van der Waals surface area contributed by atoms with Crippen LogP contribution in [0.15, 0.2) is 54.9 Å². The molecule has 0 atom stereocenters. The maximum absolute atomic E-state index is 11.2. The predicted octanol–water partition coefficient (Wildman–Crippen LogP) is 3.76. The summed E-state index contributed by atoms with van der Waals surface area (Å²) in [5.74, 6) is 1.33. The molecule has 6 nitrogen and oxygen atoms in total. The minimum absolute atomic E-state index is 0.0481. The van der Waals surface area contributed by atoms with Crippen molar-refractivity contribution in [3.05, 3.63) is 54.9 Å². The van der Waals surface area contributed by atoms with Crippen molar-refractivity contribution in [2.75, 3.05) is 20.3 Å². The summed E-state index contributed by atoms with van der Waals surface area (Å²) in [6, 6.07) is 15.9. The number of imidazole rings is 1. The van der Waals surface area contributed by atoms with Crippen molar-refractivity contribution in [3.63, 3.8) is 0 Å². The van der Waals surface area contributed by atoms with Gasteiger partial charge in [0, 0.05) is 31.1 Å². The van der Waals surface area contributed by atoms with Crippen molar-refractivity contribution < 1.29 is 14.3 Å². The smallest absolute Gasteiger partial charge is 0.216 e. The van der Waals surface area contributed by atoms with Gasteiger partial charge in [-0.25, -0.2) is 4.98 Å². The molecule has 0 radical (unpaired) electrons. The van der Waals surface area contributed by atoms with Gasteiger partial charge in [0.15, 0.2) is 11.5 Å². The van der Waals surface area contributed by atoms with Gasteiger partial charge in [-0.1, -0.05) is 30.3 Å². The molecule has 2 aromatic carbocycles. The number of carbonyl (C=O) groups excluding carboxylic acids is 1. The Labute approximate surface area is 165 Å². The first kappa shape index (κ1) is 19.5. The van der Waals surface area contributed by atoms with E-state index in [9.17, 15) is 4.79 Å². The van der Waals surface area contributed by atoms with Gasteiger partial charge in [0.25, 0.3) is 0 Å². The van der Waals surface area contributed by atoms with E-state index >= 15 is 0 Å². The molecule has 1 N–H and O–H groups in total. The molecule has 3 rings (SSSR count). The van der Waals surface area contributed by atoms with Crippen LogP contribution in [-0.4, -0.2) is 35.7 Å². The van der Waals surface area contributed by atoms with E-state index in [0.29, 0.717) is 31.2 Å². The van der Waals surface area contributed by atoms with E-state index < -0.39 is 0 Å². The van der Waals surface area contributed by atoms with Gasteiger partial charge < -0.3 is 19.4 Å². The van der Waals surface area contributed by atoms with E-state index in [1.165, 1.54) is 6.92 Å². The summed E-state index contributed by atoms with van der Waals surface area (Å²) in [5.41, 5.74) is 3.86. The lowest BCUT2D eigenvalue weighted by molar-refractivity contribution is -0.118. The average molecular weight is 379 g/mol. The normalized spacial score (nSPS) is 10.5. The summed E-state index contributed by atoms with van der Waals surface area (Å²) < 4.78 is 13.2. The largest absolute Gasteiger partial charge is 0.493 e.